The number of ether oxygens (including phenoxy) is 1. The van der Waals surface area contributed by atoms with Crippen LogP contribution in [0.3, 0.4) is 0 Å². The smallest absolute Gasteiger partial charge is 0.337 e. The minimum atomic E-state index is -0.906. The van der Waals surface area contributed by atoms with Gasteiger partial charge in [-0.15, -0.1) is 11.3 Å². The first-order chi connectivity index (χ1) is 13.0. The van der Waals surface area contributed by atoms with Gasteiger partial charge in [0.2, 0.25) is 0 Å². The van der Waals surface area contributed by atoms with Gasteiger partial charge in [-0.3, -0.25) is 10.1 Å². The number of halogens is 2. The molecule has 1 N–H and O–H groups in total. The van der Waals surface area contributed by atoms with Crippen molar-refractivity contribution in [2.24, 2.45) is 0 Å². The Kier molecular flexibility index (Phi) is 5.56. The van der Waals surface area contributed by atoms with Crippen molar-refractivity contribution >= 4 is 28.3 Å². The van der Waals surface area contributed by atoms with Crippen molar-refractivity contribution in [1.29, 1.82) is 0 Å². The lowest BCUT2D eigenvalue weighted by Gasteiger charge is -2.04. The molecule has 138 valence electrons. The number of nitrogens with zero attached hydrogens (tertiary/aromatic N) is 1. The Hall–Kier alpha value is -3.13. The minimum Gasteiger partial charge on any atom is -0.465 e. The molecule has 8 heteroatoms. The predicted molar refractivity (Wildman–Crippen MR) is 97.0 cm³/mol. The van der Waals surface area contributed by atoms with Gasteiger partial charge >= 0.3 is 5.97 Å². The molecule has 2 aromatic carbocycles. The third-order valence-corrected chi connectivity index (χ3v) is 4.60. The second-order valence-corrected chi connectivity index (χ2v) is 6.70. The summed E-state index contributed by atoms with van der Waals surface area (Å²) in [6.07, 6.45) is 1.93. The Morgan fingerprint density at radius 2 is 1.89 bits per heavy atom. The first kappa shape index (κ1) is 18.7. The van der Waals surface area contributed by atoms with Gasteiger partial charge in [0.25, 0.3) is 5.91 Å². The molecule has 0 bridgehead atoms. The zero-order valence-electron chi connectivity index (χ0n) is 14.2. The highest BCUT2D eigenvalue weighted by Gasteiger charge is 2.13. The van der Waals surface area contributed by atoms with Crippen molar-refractivity contribution in [3.63, 3.8) is 0 Å². The second kappa shape index (κ2) is 8.05. The summed E-state index contributed by atoms with van der Waals surface area (Å²) in [4.78, 5) is 28.8. The molecule has 0 saturated heterocycles. The van der Waals surface area contributed by atoms with E-state index in [4.69, 9.17) is 0 Å². The number of aromatic nitrogens is 1. The summed E-state index contributed by atoms with van der Waals surface area (Å²) >= 11 is 1.22. The maximum absolute atomic E-state index is 13.3. The van der Waals surface area contributed by atoms with Crippen molar-refractivity contribution < 1.29 is 23.1 Å². The van der Waals surface area contributed by atoms with E-state index in [9.17, 15) is 18.4 Å². The van der Waals surface area contributed by atoms with Gasteiger partial charge in [0.15, 0.2) is 16.8 Å². The van der Waals surface area contributed by atoms with E-state index in [1.807, 2.05) is 0 Å². The summed E-state index contributed by atoms with van der Waals surface area (Å²) in [5.41, 5.74) is 1.15. The highest BCUT2D eigenvalue weighted by molar-refractivity contribution is 7.15. The van der Waals surface area contributed by atoms with Crippen LogP contribution in [-0.2, 0) is 11.2 Å². The Bertz CT molecular complexity index is 1000. The zero-order chi connectivity index (χ0) is 19.4. The summed E-state index contributed by atoms with van der Waals surface area (Å²) in [5, 5.41) is 3.01. The topological polar surface area (TPSA) is 68.3 Å². The summed E-state index contributed by atoms with van der Waals surface area (Å²) in [6, 6.07) is 9.82. The van der Waals surface area contributed by atoms with Crippen LogP contribution in [0.25, 0.3) is 0 Å². The Morgan fingerprint density at radius 3 is 2.63 bits per heavy atom. The summed E-state index contributed by atoms with van der Waals surface area (Å²) in [7, 11) is 1.26. The fourth-order valence-electron chi connectivity index (χ4n) is 2.37. The lowest BCUT2D eigenvalue weighted by molar-refractivity contribution is 0.0600. The van der Waals surface area contributed by atoms with Gasteiger partial charge in [-0.25, -0.2) is 18.6 Å². The molecular formula is C19H14F2N2O3S. The number of benzene rings is 2. The third-order valence-electron chi connectivity index (χ3n) is 3.68. The number of thiazole rings is 1. The Balaban J connectivity index is 1.69. The molecule has 3 rings (SSSR count). The Morgan fingerprint density at radius 1 is 1.11 bits per heavy atom. The van der Waals surface area contributed by atoms with Crippen molar-refractivity contribution in [2.75, 3.05) is 12.4 Å². The molecule has 0 fully saturated rings. The Labute approximate surface area is 157 Å². The number of carbonyl (C=O) groups excluding carboxylic acids is 2. The minimum absolute atomic E-state index is 0.267. The second-order valence-electron chi connectivity index (χ2n) is 5.58. The molecule has 0 atom stereocenters. The largest absolute Gasteiger partial charge is 0.465 e. The predicted octanol–water partition coefficient (Wildman–Crippen LogP) is 4.05. The van der Waals surface area contributed by atoms with Crippen LogP contribution in [0.1, 0.15) is 31.2 Å². The van der Waals surface area contributed by atoms with E-state index >= 15 is 0 Å². The molecular weight excluding hydrogens is 374 g/mol. The third kappa shape index (κ3) is 4.53. The molecule has 0 radical (unpaired) electrons. The maximum atomic E-state index is 13.3. The number of nitrogens with one attached hydrogen (secondary N) is 1. The SMILES string of the molecule is COC(=O)c1cccc(C(=O)Nc2ncc(Cc3ccc(F)c(F)c3)s2)c1. The number of anilines is 1. The molecule has 1 heterocycles. The molecule has 0 unspecified atom stereocenters. The number of carbonyl (C=O) groups is 2. The van der Waals surface area contributed by atoms with Crippen LogP contribution >= 0.6 is 11.3 Å². The average Bonchev–Trinajstić information content (AvgIpc) is 3.11. The molecule has 1 amide bonds. The summed E-state index contributed by atoms with van der Waals surface area (Å²) in [6.45, 7) is 0. The molecule has 3 aromatic rings. The van der Waals surface area contributed by atoms with Crippen LogP contribution in [0.2, 0.25) is 0 Å². The van der Waals surface area contributed by atoms with E-state index in [2.05, 4.69) is 15.0 Å². The van der Waals surface area contributed by atoms with E-state index < -0.39 is 23.5 Å². The molecule has 5 nitrogen and oxygen atoms in total. The van der Waals surface area contributed by atoms with Gasteiger partial charge in [-0.1, -0.05) is 12.1 Å². The van der Waals surface area contributed by atoms with E-state index in [1.165, 1.54) is 30.6 Å². The van der Waals surface area contributed by atoms with Crippen LogP contribution < -0.4 is 5.32 Å². The van der Waals surface area contributed by atoms with Gasteiger partial charge < -0.3 is 4.74 Å². The quantitative estimate of drug-likeness (QED) is 0.670. The van der Waals surface area contributed by atoms with Gasteiger partial charge in [0.1, 0.15) is 0 Å². The van der Waals surface area contributed by atoms with Gasteiger partial charge in [-0.2, -0.15) is 0 Å². The van der Waals surface area contributed by atoms with E-state index in [-0.39, 0.29) is 11.1 Å². The van der Waals surface area contributed by atoms with E-state index in [0.717, 1.165) is 17.0 Å². The normalized spacial score (nSPS) is 10.5. The number of hydrogen-bond acceptors (Lipinski definition) is 5. The maximum Gasteiger partial charge on any atom is 0.337 e. The molecule has 0 aliphatic rings. The molecule has 0 spiro atoms. The number of rotatable bonds is 5. The van der Waals surface area contributed by atoms with Crippen molar-refractivity contribution in [2.45, 2.75) is 6.42 Å². The molecule has 1 aromatic heterocycles. The van der Waals surface area contributed by atoms with Gasteiger partial charge in [0, 0.05) is 23.1 Å². The monoisotopic (exact) mass is 388 g/mol. The highest BCUT2D eigenvalue weighted by Crippen LogP contribution is 2.22. The molecule has 0 aliphatic heterocycles. The lowest BCUT2D eigenvalue weighted by Crippen LogP contribution is -2.12. The van der Waals surface area contributed by atoms with Gasteiger partial charge in [-0.05, 0) is 35.9 Å². The first-order valence-corrected chi connectivity index (χ1v) is 8.66. The van der Waals surface area contributed by atoms with Gasteiger partial charge in [0.05, 0.1) is 12.7 Å². The van der Waals surface area contributed by atoms with Crippen LogP contribution in [0.5, 0.6) is 0 Å². The molecule has 0 saturated carbocycles. The summed E-state index contributed by atoms with van der Waals surface area (Å²) < 4.78 is 30.9. The van der Waals surface area contributed by atoms with Crippen LogP contribution in [0, 0.1) is 11.6 Å². The number of methoxy groups -OCH3 is 1. The number of hydrogen-bond donors (Lipinski definition) is 1. The lowest BCUT2D eigenvalue weighted by atomic mass is 10.1. The van der Waals surface area contributed by atoms with Crippen LogP contribution in [-0.4, -0.2) is 24.0 Å². The fraction of sp³-hybridized carbons (Fsp3) is 0.105. The van der Waals surface area contributed by atoms with Crippen LogP contribution in [0.4, 0.5) is 13.9 Å². The van der Waals surface area contributed by atoms with Crippen LogP contribution in [0.15, 0.2) is 48.7 Å². The highest BCUT2D eigenvalue weighted by atomic mass is 32.1. The molecule has 0 aliphatic carbocycles. The number of amides is 1. The molecule has 27 heavy (non-hydrogen) atoms. The first-order valence-electron chi connectivity index (χ1n) is 7.84. The average molecular weight is 388 g/mol. The zero-order valence-corrected chi connectivity index (χ0v) is 15.0. The van der Waals surface area contributed by atoms with Crippen molar-refractivity contribution in [3.05, 3.63) is 81.9 Å². The van der Waals surface area contributed by atoms with E-state index in [0.29, 0.717) is 17.1 Å². The standard InChI is InChI=1S/C19H14F2N2O3S/c1-26-18(25)13-4-2-3-12(9-13)17(24)23-19-22-10-14(27-19)7-11-5-6-15(20)16(21)8-11/h2-6,8-10H,7H2,1H3,(H,22,23,24). The van der Waals surface area contributed by atoms with Crippen molar-refractivity contribution in [3.8, 4) is 0 Å². The fourth-order valence-corrected chi connectivity index (χ4v) is 3.21. The van der Waals surface area contributed by atoms with Crippen molar-refractivity contribution in [1.82, 2.24) is 4.98 Å². The van der Waals surface area contributed by atoms with E-state index in [1.54, 1.807) is 24.4 Å². The summed E-state index contributed by atoms with van der Waals surface area (Å²) in [5.74, 6) is -2.76. The number of esters is 1.